The van der Waals surface area contributed by atoms with Gasteiger partial charge in [0.1, 0.15) is 11.5 Å². The average molecular weight is 499 g/mol. The molecule has 0 aromatic heterocycles. The number of benzene rings is 3. The maximum absolute atomic E-state index is 13.1. The van der Waals surface area contributed by atoms with Crippen molar-refractivity contribution in [1.82, 2.24) is 0 Å². The smallest absolute Gasteiger partial charge is 0.300 e. The number of hydrogen-bond donors (Lipinski definition) is 2. The number of carbonyl (C=O) groups excluding carboxylic acids is 2. The van der Waals surface area contributed by atoms with Gasteiger partial charge < -0.3 is 9.84 Å². The zero-order chi connectivity index (χ0) is 24.6. The summed E-state index contributed by atoms with van der Waals surface area (Å²) in [5.74, 6) is -1.56. The minimum Gasteiger partial charge on any atom is -0.507 e. The quantitative estimate of drug-likeness (QED) is 0.314. The first-order valence-corrected chi connectivity index (χ1v) is 11.9. The highest BCUT2D eigenvalue weighted by Crippen LogP contribution is 2.42. The van der Waals surface area contributed by atoms with Crippen molar-refractivity contribution in [1.29, 1.82) is 0 Å². The molecule has 174 valence electrons. The molecule has 3 N–H and O–H groups in total. The lowest BCUT2D eigenvalue weighted by Crippen LogP contribution is -2.29. The largest absolute Gasteiger partial charge is 0.507 e. The molecule has 34 heavy (non-hydrogen) atoms. The Labute approximate surface area is 200 Å². The number of hydrogen-bond acceptors (Lipinski definition) is 6. The molecule has 1 fully saturated rings. The summed E-state index contributed by atoms with van der Waals surface area (Å²) in [4.78, 5) is 27.3. The number of methoxy groups -OCH3 is 1. The van der Waals surface area contributed by atoms with Gasteiger partial charge in [-0.25, -0.2) is 13.6 Å². The van der Waals surface area contributed by atoms with Gasteiger partial charge in [0.2, 0.25) is 10.0 Å². The van der Waals surface area contributed by atoms with Crippen LogP contribution in [0.2, 0.25) is 5.02 Å². The normalized spacial score (nSPS) is 17.7. The van der Waals surface area contributed by atoms with E-state index >= 15 is 0 Å². The topological polar surface area (TPSA) is 127 Å². The Balaban J connectivity index is 1.91. The second kappa shape index (κ2) is 8.94. The second-order valence-electron chi connectivity index (χ2n) is 7.49. The number of anilines is 1. The lowest BCUT2D eigenvalue weighted by atomic mass is 9.95. The van der Waals surface area contributed by atoms with E-state index in [1.54, 1.807) is 36.4 Å². The molecule has 0 bridgehead atoms. The summed E-state index contributed by atoms with van der Waals surface area (Å²) in [7, 11) is -2.44. The van der Waals surface area contributed by atoms with Gasteiger partial charge in [-0.2, -0.15) is 0 Å². The van der Waals surface area contributed by atoms with E-state index in [0.29, 0.717) is 21.9 Å². The van der Waals surface area contributed by atoms with Gasteiger partial charge in [-0.3, -0.25) is 14.5 Å². The third-order valence-electron chi connectivity index (χ3n) is 5.44. The number of primary sulfonamides is 1. The molecular weight excluding hydrogens is 480 g/mol. The van der Waals surface area contributed by atoms with Crippen LogP contribution >= 0.6 is 11.6 Å². The zero-order valence-electron chi connectivity index (χ0n) is 17.8. The predicted molar refractivity (Wildman–Crippen MR) is 127 cm³/mol. The summed E-state index contributed by atoms with van der Waals surface area (Å²) >= 11 is 5.94. The lowest BCUT2D eigenvalue weighted by molar-refractivity contribution is -0.132. The number of ether oxygens (including phenoxy) is 1. The molecule has 1 aliphatic rings. The molecule has 0 spiro atoms. The number of carbonyl (C=O) groups is 2. The maximum Gasteiger partial charge on any atom is 0.300 e. The molecule has 1 saturated heterocycles. The van der Waals surface area contributed by atoms with Crippen LogP contribution in [0.3, 0.4) is 0 Å². The van der Waals surface area contributed by atoms with Gasteiger partial charge in [-0.1, -0.05) is 23.7 Å². The summed E-state index contributed by atoms with van der Waals surface area (Å²) < 4.78 is 28.5. The third kappa shape index (κ3) is 4.28. The summed E-state index contributed by atoms with van der Waals surface area (Å²) in [6.45, 7) is 0. The Morgan fingerprint density at radius 3 is 2.09 bits per heavy atom. The molecule has 1 aliphatic heterocycles. The molecule has 3 aromatic rings. The molecule has 0 unspecified atom stereocenters. The predicted octanol–water partition coefficient (Wildman–Crippen LogP) is 3.62. The van der Waals surface area contributed by atoms with Gasteiger partial charge in [0, 0.05) is 16.3 Å². The van der Waals surface area contributed by atoms with Crippen molar-refractivity contribution in [3.63, 3.8) is 0 Å². The summed E-state index contributed by atoms with van der Waals surface area (Å²) in [5.41, 5.74) is 0.981. The zero-order valence-corrected chi connectivity index (χ0v) is 19.4. The number of aliphatic hydroxyl groups excluding tert-OH is 1. The van der Waals surface area contributed by atoms with Crippen LogP contribution in [0, 0.1) is 0 Å². The van der Waals surface area contributed by atoms with Crippen molar-refractivity contribution >= 4 is 44.8 Å². The number of nitrogens with zero attached hydrogens (tertiary/aromatic N) is 1. The highest BCUT2D eigenvalue weighted by molar-refractivity contribution is 7.89. The molecule has 10 heteroatoms. The van der Waals surface area contributed by atoms with Crippen molar-refractivity contribution in [2.45, 2.75) is 10.9 Å². The van der Waals surface area contributed by atoms with Gasteiger partial charge in [0.25, 0.3) is 11.7 Å². The molecule has 1 heterocycles. The number of sulfonamides is 1. The average Bonchev–Trinajstić information content (AvgIpc) is 3.09. The Kier molecular flexibility index (Phi) is 6.18. The van der Waals surface area contributed by atoms with Crippen molar-refractivity contribution in [2.24, 2.45) is 5.14 Å². The first-order valence-electron chi connectivity index (χ1n) is 9.95. The minimum absolute atomic E-state index is 0.118. The van der Waals surface area contributed by atoms with E-state index in [-0.39, 0.29) is 21.9 Å². The first kappa shape index (κ1) is 23.5. The van der Waals surface area contributed by atoms with Crippen LogP contribution < -0.4 is 14.8 Å². The van der Waals surface area contributed by atoms with Gasteiger partial charge in [-0.05, 0) is 66.2 Å². The van der Waals surface area contributed by atoms with Gasteiger partial charge in [0.05, 0.1) is 23.6 Å². The number of amides is 1. The second-order valence-corrected chi connectivity index (χ2v) is 9.49. The Bertz CT molecular complexity index is 1400. The summed E-state index contributed by atoms with van der Waals surface area (Å²) in [6, 6.07) is 17.1. The Morgan fingerprint density at radius 1 is 0.971 bits per heavy atom. The maximum atomic E-state index is 13.1. The molecule has 0 aliphatic carbocycles. The van der Waals surface area contributed by atoms with Crippen LogP contribution in [0.5, 0.6) is 5.75 Å². The Hall–Kier alpha value is -3.66. The van der Waals surface area contributed by atoms with E-state index in [9.17, 15) is 23.1 Å². The van der Waals surface area contributed by atoms with Gasteiger partial charge >= 0.3 is 0 Å². The SMILES string of the molecule is COc1ccc([C@H]2/C(=C(\O)c3ccc(Cl)cc3)C(=O)C(=O)N2c2ccc(S(N)(=O)=O)cc2)cc1. The van der Waals surface area contributed by atoms with Crippen molar-refractivity contribution in [3.05, 3.63) is 94.5 Å². The third-order valence-corrected chi connectivity index (χ3v) is 6.62. The fraction of sp³-hybridized carbons (Fsp3) is 0.0833. The van der Waals surface area contributed by atoms with E-state index in [1.807, 2.05) is 0 Å². The van der Waals surface area contributed by atoms with E-state index < -0.39 is 27.8 Å². The van der Waals surface area contributed by atoms with Crippen LogP contribution in [0.25, 0.3) is 5.76 Å². The fourth-order valence-corrected chi connectivity index (χ4v) is 4.40. The molecule has 1 amide bonds. The highest BCUT2D eigenvalue weighted by atomic mass is 35.5. The molecular formula is C24H19ClN2O6S. The number of halogens is 1. The standard InChI is InChI=1S/C24H19ClN2O6S/c1-33-18-10-4-14(5-11-18)21-20(22(28)15-2-6-16(25)7-3-15)23(29)24(30)27(21)17-8-12-19(13-9-17)34(26,31)32/h2-13,21,28H,1H3,(H2,26,31,32)/b22-20+/t21-/m0/s1. The Morgan fingerprint density at radius 2 is 1.56 bits per heavy atom. The van der Waals surface area contributed by atoms with Crippen molar-refractivity contribution in [2.75, 3.05) is 12.0 Å². The summed E-state index contributed by atoms with van der Waals surface area (Å²) in [5, 5.41) is 16.7. The molecule has 1 atom stereocenters. The summed E-state index contributed by atoms with van der Waals surface area (Å²) in [6.07, 6.45) is 0. The van der Waals surface area contributed by atoms with Gasteiger partial charge in [0.15, 0.2) is 0 Å². The van der Waals surface area contributed by atoms with E-state index in [0.717, 1.165) is 0 Å². The highest BCUT2D eigenvalue weighted by Gasteiger charge is 2.47. The van der Waals surface area contributed by atoms with Crippen LogP contribution in [0.1, 0.15) is 17.2 Å². The monoisotopic (exact) mass is 498 g/mol. The molecule has 0 saturated carbocycles. The van der Waals surface area contributed by atoms with Crippen LogP contribution in [-0.2, 0) is 19.6 Å². The molecule has 3 aromatic carbocycles. The fourth-order valence-electron chi connectivity index (χ4n) is 3.76. The van der Waals surface area contributed by atoms with Crippen molar-refractivity contribution < 1.29 is 27.9 Å². The van der Waals surface area contributed by atoms with E-state index in [2.05, 4.69) is 0 Å². The molecule has 0 radical (unpaired) electrons. The molecule has 4 rings (SSSR count). The number of rotatable bonds is 5. The van der Waals surface area contributed by atoms with Crippen LogP contribution in [0.15, 0.2) is 83.3 Å². The van der Waals surface area contributed by atoms with Crippen molar-refractivity contribution in [3.8, 4) is 5.75 Å². The van der Waals surface area contributed by atoms with Crippen LogP contribution in [0.4, 0.5) is 5.69 Å². The number of ketones is 1. The lowest BCUT2D eigenvalue weighted by Gasteiger charge is -2.25. The molecule has 8 nitrogen and oxygen atoms in total. The number of aliphatic hydroxyl groups is 1. The minimum atomic E-state index is -3.95. The van der Waals surface area contributed by atoms with E-state index in [4.69, 9.17) is 21.5 Å². The van der Waals surface area contributed by atoms with Gasteiger partial charge in [-0.15, -0.1) is 0 Å². The number of Topliss-reactive ketones (excluding diaryl/α,β-unsaturated/α-hetero) is 1. The van der Waals surface area contributed by atoms with E-state index in [1.165, 1.54) is 48.4 Å². The first-order chi connectivity index (χ1) is 16.1. The number of nitrogens with two attached hydrogens (primary N) is 1. The van der Waals surface area contributed by atoms with Crippen LogP contribution in [-0.4, -0.2) is 32.3 Å².